The van der Waals surface area contributed by atoms with Gasteiger partial charge < -0.3 is 20.4 Å². The SMILES string of the molecule is CCn1c(SCC(=O)Nc2sc(C(N)=O)c(C)c2C(=O)OC)nnc1-c1ccccc1Cl. The van der Waals surface area contributed by atoms with Gasteiger partial charge in [-0.05, 0) is 31.5 Å². The van der Waals surface area contributed by atoms with E-state index in [0.717, 1.165) is 16.9 Å². The number of nitrogens with zero attached hydrogens (tertiary/aromatic N) is 3. The zero-order valence-electron chi connectivity index (χ0n) is 17.5. The fourth-order valence-electron chi connectivity index (χ4n) is 3.00. The monoisotopic (exact) mass is 493 g/mol. The number of halogens is 1. The van der Waals surface area contributed by atoms with Gasteiger partial charge in [0.05, 0.1) is 28.3 Å². The molecule has 0 aliphatic heterocycles. The molecule has 0 bridgehead atoms. The highest BCUT2D eigenvalue weighted by Crippen LogP contribution is 2.34. The zero-order chi connectivity index (χ0) is 23.4. The average molecular weight is 494 g/mol. The summed E-state index contributed by atoms with van der Waals surface area (Å²) in [7, 11) is 1.22. The number of nitrogens with one attached hydrogen (secondary N) is 1. The lowest BCUT2D eigenvalue weighted by molar-refractivity contribution is -0.113. The number of benzene rings is 1. The number of hydrogen-bond acceptors (Lipinski definition) is 8. The van der Waals surface area contributed by atoms with Crippen LogP contribution in [-0.2, 0) is 16.1 Å². The van der Waals surface area contributed by atoms with E-state index >= 15 is 0 Å². The van der Waals surface area contributed by atoms with Gasteiger partial charge in [-0.3, -0.25) is 9.59 Å². The smallest absolute Gasteiger partial charge is 0.341 e. The molecule has 9 nitrogen and oxygen atoms in total. The Balaban J connectivity index is 1.78. The highest BCUT2D eigenvalue weighted by molar-refractivity contribution is 7.99. The van der Waals surface area contributed by atoms with Crippen molar-refractivity contribution in [1.29, 1.82) is 0 Å². The Bertz CT molecular complexity index is 1190. The summed E-state index contributed by atoms with van der Waals surface area (Å²) in [4.78, 5) is 36.6. The Hall–Kier alpha value is -2.89. The minimum atomic E-state index is -0.685. The Labute approximate surface area is 197 Å². The quantitative estimate of drug-likeness (QED) is 0.362. The Morgan fingerprint density at radius 3 is 2.62 bits per heavy atom. The first kappa shape index (κ1) is 23.8. The summed E-state index contributed by atoms with van der Waals surface area (Å²) in [6.45, 7) is 4.10. The summed E-state index contributed by atoms with van der Waals surface area (Å²) in [6, 6.07) is 7.31. The van der Waals surface area contributed by atoms with Crippen molar-refractivity contribution >= 4 is 57.5 Å². The van der Waals surface area contributed by atoms with E-state index in [4.69, 9.17) is 22.1 Å². The standard InChI is InChI=1S/C20H20ClN5O4S2/c1-4-26-17(11-7-5-6-8-12(11)21)24-25-20(26)31-9-13(27)23-18-14(19(29)30-3)10(2)15(32-18)16(22)28/h5-8H,4,9H2,1-3H3,(H2,22,28)(H,23,27). The predicted octanol–water partition coefficient (Wildman–Crippen LogP) is 3.60. The van der Waals surface area contributed by atoms with Crippen molar-refractivity contribution in [3.63, 3.8) is 0 Å². The van der Waals surface area contributed by atoms with Crippen LogP contribution in [0.2, 0.25) is 5.02 Å². The van der Waals surface area contributed by atoms with E-state index in [1.165, 1.54) is 18.9 Å². The highest BCUT2D eigenvalue weighted by Gasteiger charge is 2.25. The maximum atomic E-state index is 12.6. The van der Waals surface area contributed by atoms with Crippen LogP contribution in [0.15, 0.2) is 29.4 Å². The lowest BCUT2D eigenvalue weighted by Gasteiger charge is -2.09. The molecular weight excluding hydrogens is 474 g/mol. The van der Waals surface area contributed by atoms with Crippen molar-refractivity contribution in [1.82, 2.24) is 14.8 Å². The van der Waals surface area contributed by atoms with Crippen LogP contribution in [0.5, 0.6) is 0 Å². The van der Waals surface area contributed by atoms with Crippen LogP contribution in [-0.4, -0.2) is 45.4 Å². The molecule has 0 saturated carbocycles. The van der Waals surface area contributed by atoms with Crippen LogP contribution in [0, 0.1) is 6.92 Å². The first-order valence-corrected chi connectivity index (χ1v) is 11.6. The summed E-state index contributed by atoms with van der Waals surface area (Å²) in [5.41, 5.74) is 6.60. The maximum Gasteiger partial charge on any atom is 0.341 e. The van der Waals surface area contributed by atoms with E-state index in [1.54, 1.807) is 13.0 Å². The molecule has 2 amide bonds. The number of ether oxygens (including phenoxy) is 1. The molecule has 32 heavy (non-hydrogen) atoms. The van der Waals surface area contributed by atoms with E-state index in [9.17, 15) is 14.4 Å². The van der Waals surface area contributed by atoms with E-state index in [-0.39, 0.29) is 27.1 Å². The summed E-state index contributed by atoms with van der Waals surface area (Å²) in [5, 5.41) is 12.4. The number of primary amides is 1. The number of methoxy groups -OCH3 is 1. The van der Waals surface area contributed by atoms with Crippen molar-refractivity contribution in [2.45, 2.75) is 25.5 Å². The van der Waals surface area contributed by atoms with Crippen LogP contribution >= 0.6 is 34.7 Å². The number of thiophene rings is 1. The van der Waals surface area contributed by atoms with Gasteiger partial charge in [0.2, 0.25) is 5.91 Å². The minimum Gasteiger partial charge on any atom is -0.465 e. The molecule has 3 N–H and O–H groups in total. The molecule has 1 aromatic carbocycles. The molecule has 3 aromatic rings. The molecule has 0 fully saturated rings. The van der Waals surface area contributed by atoms with Crippen LogP contribution in [0.25, 0.3) is 11.4 Å². The molecule has 2 aromatic heterocycles. The molecule has 3 rings (SSSR count). The lowest BCUT2D eigenvalue weighted by atomic mass is 10.1. The van der Waals surface area contributed by atoms with Gasteiger partial charge in [-0.25, -0.2) is 4.79 Å². The van der Waals surface area contributed by atoms with E-state index < -0.39 is 11.9 Å². The number of carbonyl (C=O) groups excluding carboxylic acids is 3. The van der Waals surface area contributed by atoms with Crippen LogP contribution in [0.1, 0.15) is 32.5 Å². The number of aromatic nitrogens is 3. The molecule has 2 heterocycles. The summed E-state index contributed by atoms with van der Waals surface area (Å²) in [6.07, 6.45) is 0. The largest absolute Gasteiger partial charge is 0.465 e. The Kier molecular flexibility index (Phi) is 7.54. The Morgan fingerprint density at radius 2 is 2.00 bits per heavy atom. The van der Waals surface area contributed by atoms with Gasteiger partial charge in [-0.15, -0.1) is 21.5 Å². The lowest BCUT2D eigenvalue weighted by Crippen LogP contribution is -2.16. The summed E-state index contributed by atoms with van der Waals surface area (Å²) >= 11 is 8.41. The third kappa shape index (κ3) is 4.79. The molecule has 0 atom stereocenters. The van der Waals surface area contributed by atoms with Crippen molar-refractivity contribution in [3.8, 4) is 11.4 Å². The number of thioether (sulfide) groups is 1. The van der Waals surface area contributed by atoms with Crippen LogP contribution in [0.4, 0.5) is 5.00 Å². The third-order valence-corrected chi connectivity index (χ3v) is 7.01. The number of hydrogen-bond donors (Lipinski definition) is 2. The molecule has 0 radical (unpaired) electrons. The average Bonchev–Trinajstić information content (AvgIpc) is 3.32. The normalized spacial score (nSPS) is 10.8. The number of carbonyl (C=O) groups is 3. The molecule has 0 unspecified atom stereocenters. The first-order valence-electron chi connectivity index (χ1n) is 9.40. The van der Waals surface area contributed by atoms with Crippen molar-refractivity contribution in [2.75, 3.05) is 18.2 Å². The van der Waals surface area contributed by atoms with Gasteiger partial charge in [0.25, 0.3) is 5.91 Å². The molecule has 0 spiro atoms. The van der Waals surface area contributed by atoms with E-state index in [2.05, 4.69) is 15.5 Å². The second kappa shape index (κ2) is 10.2. The van der Waals surface area contributed by atoms with Gasteiger partial charge in [-0.1, -0.05) is 35.5 Å². The van der Waals surface area contributed by atoms with Crippen molar-refractivity contribution in [2.24, 2.45) is 5.73 Å². The maximum absolute atomic E-state index is 12.6. The van der Waals surface area contributed by atoms with Crippen LogP contribution in [0.3, 0.4) is 0 Å². The molecule has 12 heteroatoms. The third-order valence-electron chi connectivity index (χ3n) is 4.49. The second-order valence-electron chi connectivity index (χ2n) is 6.48. The number of amides is 2. The number of esters is 1. The number of rotatable bonds is 8. The van der Waals surface area contributed by atoms with E-state index in [1.807, 2.05) is 29.7 Å². The van der Waals surface area contributed by atoms with Crippen molar-refractivity contribution in [3.05, 3.63) is 45.3 Å². The minimum absolute atomic E-state index is 0.00409. The number of anilines is 1. The molecule has 0 saturated heterocycles. The van der Waals surface area contributed by atoms with Crippen LogP contribution < -0.4 is 11.1 Å². The molecule has 0 aliphatic rings. The summed E-state index contributed by atoms with van der Waals surface area (Å²) in [5.74, 6) is -1.12. The van der Waals surface area contributed by atoms with Crippen molar-refractivity contribution < 1.29 is 19.1 Å². The zero-order valence-corrected chi connectivity index (χ0v) is 19.9. The van der Waals surface area contributed by atoms with E-state index in [0.29, 0.717) is 28.1 Å². The number of nitrogens with two attached hydrogens (primary N) is 1. The second-order valence-corrected chi connectivity index (χ2v) is 8.85. The molecule has 0 aliphatic carbocycles. The van der Waals surface area contributed by atoms with Gasteiger partial charge in [0, 0.05) is 12.1 Å². The highest BCUT2D eigenvalue weighted by atomic mass is 35.5. The first-order chi connectivity index (χ1) is 15.3. The topological polar surface area (TPSA) is 129 Å². The van der Waals surface area contributed by atoms with Gasteiger partial charge in [-0.2, -0.15) is 0 Å². The van der Waals surface area contributed by atoms with Gasteiger partial charge in [0.15, 0.2) is 11.0 Å². The van der Waals surface area contributed by atoms with Gasteiger partial charge >= 0.3 is 5.97 Å². The molecule has 168 valence electrons. The fourth-order valence-corrected chi connectivity index (χ4v) is 5.09. The molecular formula is C20H20ClN5O4S2. The summed E-state index contributed by atoms with van der Waals surface area (Å²) < 4.78 is 6.63. The Morgan fingerprint density at radius 1 is 1.28 bits per heavy atom. The fraction of sp³-hybridized carbons (Fsp3) is 0.250. The predicted molar refractivity (Wildman–Crippen MR) is 124 cm³/mol. The van der Waals surface area contributed by atoms with Gasteiger partial charge in [0.1, 0.15) is 5.00 Å².